The SMILES string of the molecule is Cc1cc(-c2cncc(CCN)n2)on1. The van der Waals surface area contributed by atoms with Gasteiger partial charge in [0.15, 0.2) is 5.76 Å². The minimum atomic E-state index is 0.563. The van der Waals surface area contributed by atoms with Crippen LogP contribution in [-0.2, 0) is 6.42 Å². The highest BCUT2D eigenvalue weighted by molar-refractivity contribution is 5.50. The van der Waals surface area contributed by atoms with Gasteiger partial charge in [0.05, 0.1) is 17.6 Å². The van der Waals surface area contributed by atoms with E-state index >= 15 is 0 Å². The first-order valence-electron chi connectivity index (χ1n) is 4.74. The molecule has 0 bridgehead atoms. The summed E-state index contributed by atoms with van der Waals surface area (Å²) in [6.07, 6.45) is 4.08. The Hall–Kier alpha value is -1.75. The zero-order chi connectivity index (χ0) is 10.7. The third kappa shape index (κ3) is 2.19. The topological polar surface area (TPSA) is 77.8 Å². The van der Waals surface area contributed by atoms with Crippen LogP contribution in [0.15, 0.2) is 23.0 Å². The second-order valence-electron chi connectivity index (χ2n) is 3.27. The summed E-state index contributed by atoms with van der Waals surface area (Å²) in [4.78, 5) is 8.45. The van der Waals surface area contributed by atoms with E-state index in [4.69, 9.17) is 10.3 Å². The van der Waals surface area contributed by atoms with E-state index in [1.54, 1.807) is 12.4 Å². The van der Waals surface area contributed by atoms with Gasteiger partial charge in [0, 0.05) is 18.7 Å². The van der Waals surface area contributed by atoms with Gasteiger partial charge in [-0.1, -0.05) is 5.16 Å². The van der Waals surface area contributed by atoms with Gasteiger partial charge in [-0.2, -0.15) is 0 Å². The maximum atomic E-state index is 5.45. The molecule has 0 saturated heterocycles. The molecule has 5 nitrogen and oxygen atoms in total. The summed E-state index contributed by atoms with van der Waals surface area (Å²) >= 11 is 0. The number of hydrogen-bond donors (Lipinski definition) is 1. The van der Waals surface area contributed by atoms with E-state index in [1.165, 1.54) is 0 Å². The first-order chi connectivity index (χ1) is 7.29. The summed E-state index contributed by atoms with van der Waals surface area (Å²) < 4.78 is 5.10. The van der Waals surface area contributed by atoms with Gasteiger partial charge in [0.1, 0.15) is 5.69 Å². The summed E-state index contributed by atoms with van der Waals surface area (Å²) in [6, 6.07) is 1.83. The van der Waals surface area contributed by atoms with E-state index in [9.17, 15) is 0 Å². The first-order valence-corrected chi connectivity index (χ1v) is 4.74. The van der Waals surface area contributed by atoms with Crippen LogP contribution in [0.25, 0.3) is 11.5 Å². The monoisotopic (exact) mass is 204 g/mol. The fourth-order valence-corrected chi connectivity index (χ4v) is 1.28. The Bertz CT molecular complexity index is 452. The molecule has 0 aliphatic heterocycles. The lowest BCUT2D eigenvalue weighted by Gasteiger charge is -1.98. The second-order valence-corrected chi connectivity index (χ2v) is 3.27. The molecule has 0 fully saturated rings. The van der Waals surface area contributed by atoms with E-state index in [2.05, 4.69) is 15.1 Å². The lowest BCUT2D eigenvalue weighted by molar-refractivity contribution is 0.425. The van der Waals surface area contributed by atoms with Crippen molar-refractivity contribution >= 4 is 0 Å². The molecule has 0 unspecified atom stereocenters. The Kier molecular flexibility index (Phi) is 2.73. The third-order valence-electron chi connectivity index (χ3n) is 1.97. The Balaban J connectivity index is 2.32. The average molecular weight is 204 g/mol. The molecule has 2 aromatic rings. The standard InChI is InChI=1S/C10H12N4O/c1-7-4-10(15-14-7)9-6-12-5-8(13-9)2-3-11/h4-6H,2-3,11H2,1H3. The lowest BCUT2D eigenvalue weighted by Crippen LogP contribution is -2.05. The molecule has 78 valence electrons. The van der Waals surface area contributed by atoms with Crippen LogP contribution in [0.1, 0.15) is 11.4 Å². The van der Waals surface area contributed by atoms with E-state index in [0.29, 0.717) is 24.4 Å². The fourth-order valence-electron chi connectivity index (χ4n) is 1.28. The van der Waals surface area contributed by atoms with Crippen molar-refractivity contribution in [1.29, 1.82) is 0 Å². The molecule has 5 heteroatoms. The molecule has 0 amide bonds. The van der Waals surface area contributed by atoms with Crippen LogP contribution in [0.3, 0.4) is 0 Å². The number of rotatable bonds is 3. The quantitative estimate of drug-likeness (QED) is 0.805. The van der Waals surface area contributed by atoms with Crippen molar-refractivity contribution in [2.75, 3.05) is 6.54 Å². The smallest absolute Gasteiger partial charge is 0.187 e. The van der Waals surface area contributed by atoms with Crippen LogP contribution in [0.2, 0.25) is 0 Å². The van der Waals surface area contributed by atoms with E-state index < -0.39 is 0 Å². The van der Waals surface area contributed by atoms with Gasteiger partial charge < -0.3 is 10.3 Å². The van der Waals surface area contributed by atoms with Gasteiger partial charge in [0.2, 0.25) is 0 Å². The van der Waals surface area contributed by atoms with Gasteiger partial charge >= 0.3 is 0 Å². The average Bonchev–Trinajstić information content (AvgIpc) is 2.66. The van der Waals surface area contributed by atoms with Crippen molar-refractivity contribution in [2.45, 2.75) is 13.3 Å². The molecule has 15 heavy (non-hydrogen) atoms. The van der Waals surface area contributed by atoms with Gasteiger partial charge in [0.25, 0.3) is 0 Å². The van der Waals surface area contributed by atoms with Crippen molar-refractivity contribution in [3.8, 4) is 11.5 Å². The van der Waals surface area contributed by atoms with Gasteiger partial charge in [-0.05, 0) is 13.5 Å². The van der Waals surface area contributed by atoms with Crippen LogP contribution in [-0.4, -0.2) is 21.7 Å². The van der Waals surface area contributed by atoms with Crippen molar-refractivity contribution in [3.05, 3.63) is 29.8 Å². The molecule has 2 rings (SSSR count). The molecule has 0 atom stereocenters. The maximum Gasteiger partial charge on any atom is 0.187 e. The Morgan fingerprint density at radius 3 is 2.93 bits per heavy atom. The zero-order valence-electron chi connectivity index (χ0n) is 8.47. The number of nitrogens with zero attached hydrogens (tertiary/aromatic N) is 3. The predicted molar refractivity (Wildman–Crippen MR) is 55.0 cm³/mol. The Labute approximate surface area is 87.3 Å². The Morgan fingerprint density at radius 1 is 1.40 bits per heavy atom. The third-order valence-corrected chi connectivity index (χ3v) is 1.97. The first kappa shape index (κ1) is 9.79. The summed E-state index contributed by atoms with van der Waals surface area (Å²) in [5.74, 6) is 0.638. The maximum absolute atomic E-state index is 5.45. The normalized spacial score (nSPS) is 10.5. The number of aromatic nitrogens is 3. The van der Waals surface area contributed by atoms with Crippen LogP contribution >= 0.6 is 0 Å². The minimum Gasteiger partial charge on any atom is -0.354 e. The second kappa shape index (κ2) is 4.18. The molecular formula is C10H12N4O. The molecule has 0 aliphatic carbocycles. The molecular weight excluding hydrogens is 192 g/mol. The van der Waals surface area contributed by atoms with Crippen molar-refractivity contribution in [1.82, 2.24) is 15.1 Å². The van der Waals surface area contributed by atoms with Crippen LogP contribution < -0.4 is 5.73 Å². The number of aryl methyl sites for hydroxylation is 1. The Morgan fingerprint density at radius 2 is 2.27 bits per heavy atom. The molecule has 0 aromatic carbocycles. The number of hydrogen-bond acceptors (Lipinski definition) is 5. The predicted octanol–water partition coefficient (Wildman–Crippen LogP) is 0.941. The number of nitrogens with two attached hydrogens (primary N) is 1. The molecule has 0 spiro atoms. The summed E-state index contributed by atoms with van der Waals surface area (Å²) in [6.45, 7) is 2.43. The summed E-state index contributed by atoms with van der Waals surface area (Å²) in [7, 11) is 0. The molecule has 2 N–H and O–H groups in total. The molecule has 2 aromatic heterocycles. The van der Waals surface area contributed by atoms with Crippen molar-refractivity contribution in [2.24, 2.45) is 5.73 Å². The van der Waals surface area contributed by atoms with E-state index in [-0.39, 0.29) is 0 Å². The highest BCUT2D eigenvalue weighted by Crippen LogP contribution is 2.16. The molecule has 0 radical (unpaired) electrons. The van der Waals surface area contributed by atoms with Gasteiger partial charge in [-0.15, -0.1) is 0 Å². The highest BCUT2D eigenvalue weighted by Gasteiger charge is 2.06. The van der Waals surface area contributed by atoms with Crippen molar-refractivity contribution < 1.29 is 4.52 Å². The molecule has 0 saturated carbocycles. The molecule has 0 aliphatic rings. The fraction of sp³-hybridized carbons (Fsp3) is 0.300. The van der Waals surface area contributed by atoms with Crippen LogP contribution in [0.5, 0.6) is 0 Å². The summed E-state index contributed by atoms with van der Waals surface area (Å²) in [5, 5.41) is 3.80. The largest absolute Gasteiger partial charge is 0.354 e. The van der Waals surface area contributed by atoms with Gasteiger partial charge in [-0.25, -0.2) is 4.98 Å². The van der Waals surface area contributed by atoms with E-state index in [0.717, 1.165) is 11.4 Å². The van der Waals surface area contributed by atoms with Crippen LogP contribution in [0.4, 0.5) is 0 Å². The summed E-state index contributed by atoms with van der Waals surface area (Å²) in [5.41, 5.74) is 7.84. The lowest BCUT2D eigenvalue weighted by atomic mass is 10.3. The zero-order valence-corrected chi connectivity index (χ0v) is 8.47. The highest BCUT2D eigenvalue weighted by atomic mass is 16.5. The van der Waals surface area contributed by atoms with Crippen molar-refractivity contribution in [3.63, 3.8) is 0 Å². The molecule has 2 heterocycles. The van der Waals surface area contributed by atoms with Crippen LogP contribution in [0, 0.1) is 6.92 Å². The van der Waals surface area contributed by atoms with E-state index in [1.807, 2.05) is 13.0 Å². The minimum absolute atomic E-state index is 0.563. The van der Waals surface area contributed by atoms with Gasteiger partial charge in [-0.3, -0.25) is 4.98 Å².